The van der Waals surface area contributed by atoms with Crippen LogP contribution in [0.5, 0.6) is 5.75 Å². The van der Waals surface area contributed by atoms with Crippen LogP contribution in [0.1, 0.15) is 33.0 Å². The van der Waals surface area contributed by atoms with Crippen LogP contribution in [-0.4, -0.2) is 58.4 Å². The number of rotatable bonds is 7. The lowest BCUT2D eigenvalue weighted by Gasteiger charge is -2.26. The van der Waals surface area contributed by atoms with E-state index in [0.29, 0.717) is 16.9 Å². The van der Waals surface area contributed by atoms with Gasteiger partial charge in [-0.25, -0.2) is 27.7 Å². The summed E-state index contributed by atoms with van der Waals surface area (Å²) in [5.74, 6) is -0.261. The molecule has 0 bridgehead atoms. The molecule has 0 atom stereocenters. The van der Waals surface area contributed by atoms with E-state index >= 15 is 0 Å². The lowest BCUT2D eigenvalue weighted by Crippen LogP contribution is -2.36. The molecule has 39 heavy (non-hydrogen) atoms. The maximum absolute atomic E-state index is 12.9. The molecule has 0 fully saturated rings. The Bertz CT molecular complexity index is 1480. The first kappa shape index (κ1) is 28.3. The molecule has 3 heterocycles. The maximum atomic E-state index is 12.9. The third-order valence-electron chi connectivity index (χ3n) is 5.33. The Morgan fingerprint density at radius 1 is 1.13 bits per heavy atom. The van der Waals surface area contributed by atoms with Gasteiger partial charge >= 0.3 is 12.5 Å². The van der Waals surface area contributed by atoms with Crippen molar-refractivity contribution in [1.29, 1.82) is 0 Å². The zero-order valence-electron chi connectivity index (χ0n) is 21.2. The molecule has 0 unspecified atom stereocenters. The van der Waals surface area contributed by atoms with Crippen LogP contribution in [0, 0.1) is 0 Å². The van der Waals surface area contributed by atoms with Gasteiger partial charge in [0.1, 0.15) is 29.3 Å². The Kier molecular flexibility index (Phi) is 7.86. The van der Waals surface area contributed by atoms with Crippen molar-refractivity contribution in [1.82, 2.24) is 24.3 Å². The fourth-order valence-electron chi connectivity index (χ4n) is 3.67. The molecule has 0 amide bonds. The van der Waals surface area contributed by atoms with Crippen molar-refractivity contribution in [2.75, 3.05) is 13.1 Å². The molecule has 2 aromatic heterocycles. The minimum Gasteiger partial charge on any atom is -0.443 e. The monoisotopic (exact) mass is 569 g/mol. The minimum atomic E-state index is -4.87. The number of nitrogens with one attached hydrogen (secondary N) is 1. The number of hydrogen-bond acceptors (Lipinski definition) is 9. The van der Waals surface area contributed by atoms with Gasteiger partial charge in [0.25, 0.3) is 0 Å². The van der Waals surface area contributed by atoms with Crippen molar-refractivity contribution in [2.45, 2.75) is 50.7 Å². The summed E-state index contributed by atoms with van der Waals surface area (Å²) in [7, 11) is -3.94. The second-order valence-electron chi connectivity index (χ2n) is 9.44. The minimum absolute atomic E-state index is 0.00910. The molecule has 1 aliphatic rings. The number of halogens is 3. The Balaban J connectivity index is 1.38. The second kappa shape index (κ2) is 10.8. The normalized spacial score (nSPS) is 15.2. The summed E-state index contributed by atoms with van der Waals surface area (Å²) < 4.78 is 74.5. The highest BCUT2D eigenvalue weighted by Crippen LogP contribution is 2.26. The summed E-state index contributed by atoms with van der Waals surface area (Å²) in [6.07, 6.45) is -2.11. The number of hydrogen-bond donors (Lipinski definition) is 1. The van der Waals surface area contributed by atoms with Crippen LogP contribution < -0.4 is 10.2 Å². The molecular formula is C24H26F3N5O6S. The number of pyridine rings is 1. The molecule has 0 spiro atoms. The summed E-state index contributed by atoms with van der Waals surface area (Å²) in [4.78, 5) is 26.8. The molecule has 3 aromatic rings. The second-order valence-corrected chi connectivity index (χ2v) is 11.4. The van der Waals surface area contributed by atoms with Gasteiger partial charge in [0, 0.05) is 31.4 Å². The Labute approximate surface area is 222 Å². The van der Waals surface area contributed by atoms with E-state index in [9.17, 15) is 26.4 Å². The van der Waals surface area contributed by atoms with Crippen molar-refractivity contribution in [2.24, 2.45) is 0 Å². The van der Waals surface area contributed by atoms with E-state index in [4.69, 9.17) is 9.57 Å². The number of imidazole rings is 1. The number of alkyl halides is 3. The molecule has 4 rings (SSSR count). The number of sulfonamides is 1. The van der Waals surface area contributed by atoms with Crippen LogP contribution in [0.4, 0.5) is 18.0 Å². The number of carbonyl (C=O) groups excluding carboxylic acids is 1. The quantitative estimate of drug-likeness (QED) is 0.419. The predicted octanol–water partition coefficient (Wildman–Crippen LogP) is 4.11. The molecule has 0 aliphatic carbocycles. The zero-order chi connectivity index (χ0) is 28.4. The van der Waals surface area contributed by atoms with Crippen molar-refractivity contribution >= 4 is 27.3 Å². The molecule has 1 aromatic carbocycles. The maximum Gasteiger partial charge on any atom is 0.573 e. The highest BCUT2D eigenvalue weighted by Gasteiger charge is 2.32. The summed E-state index contributed by atoms with van der Waals surface area (Å²) >= 11 is 0. The van der Waals surface area contributed by atoms with E-state index < -0.39 is 33.8 Å². The number of carbonyl (C=O) groups is 1. The Morgan fingerprint density at radius 2 is 1.85 bits per heavy atom. The molecule has 1 N–H and O–H groups in total. The fourth-order valence-corrected chi connectivity index (χ4v) is 5.05. The average molecular weight is 570 g/mol. The van der Waals surface area contributed by atoms with Gasteiger partial charge in [0.2, 0.25) is 10.0 Å². The van der Waals surface area contributed by atoms with Gasteiger partial charge in [-0.15, -0.1) is 13.2 Å². The first-order valence-electron chi connectivity index (χ1n) is 11.7. The summed E-state index contributed by atoms with van der Waals surface area (Å²) in [6.45, 7) is 5.21. The molecule has 0 saturated heterocycles. The van der Waals surface area contributed by atoms with Gasteiger partial charge in [0.05, 0.1) is 4.90 Å². The lowest BCUT2D eigenvalue weighted by atomic mass is 10.2. The number of aromatic nitrogens is 3. The van der Waals surface area contributed by atoms with E-state index in [1.54, 1.807) is 39.0 Å². The highest BCUT2D eigenvalue weighted by molar-refractivity contribution is 7.89. The largest absolute Gasteiger partial charge is 0.573 e. The standard InChI is InChI=1S/C24H26F3N5O6S/c1-23(2,3)38-22(33)32-20(29-19-5-4-12-28-21(19)32)15-36-30-16-10-13-31(14-11-16)39(34,35)18-8-6-17(7-9-18)37-24(25,26)27/h4-10,12,30H,11,13-15H2,1-3H3. The number of nitrogens with zero attached hydrogens (tertiary/aromatic N) is 4. The number of benzene rings is 1. The SMILES string of the molecule is CC(C)(C)OC(=O)n1c(CONC2=CCN(S(=O)(=O)c3ccc(OC(F)(F)F)cc3)CC2)nc2cccnc21. The molecular weight excluding hydrogens is 543 g/mol. The number of fused-ring (bicyclic) bond motifs is 1. The summed E-state index contributed by atoms with van der Waals surface area (Å²) in [5.41, 5.74) is 3.43. The molecule has 210 valence electrons. The van der Waals surface area contributed by atoms with E-state index in [1.165, 1.54) is 15.1 Å². The van der Waals surface area contributed by atoms with Crippen molar-refractivity contribution in [3.05, 3.63) is 60.2 Å². The summed E-state index contributed by atoms with van der Waals surface area (Å²) in [6, 6.07) is 7.40. The van der Waals surface area contributed by atoms with Crippen molar-refractivity contribution < 1.29 is 40.7 Å². The summed E-state index contributed by atoms with van der Waals surface area (Å²) in [5, 5.41) is 0. The fraction of sp³-hybridized carbons (Fsp3) is 0.375. The van der Waals surface area contributed by atoms with Crippen LogP contribution >= 0.6 is 0 Å². The van der Waals surface area contributed by atoms with Gasteiger partial charge in [-0.2, -0.15) is 4.31 Å². The Morgan fingerprint density at radius 3 is 2.46 bits per heavy atom. The first-order chi connectivity index (χ1) is 18.2. The van der Waals surface area contributed by atoms with Gasteiger partial charge in [-0.1, -0.05) is 0 Å². The molecule has 15 heteroatoms. The van der Waals surface area contributed by atoms with E-state index in [1.807, 2.05) is 0 Å². The van der Waals surface area contributed by atoms with Crippen LogP contribution in [0.2, 0.25) is 0 Å². The van der Waals surface area contributed by atoms with Gasteiger partial charge in [0.15, 0.2) is 5.65 Å². The number of hydroxylamine groups is 1. The average Bonchev–Trinajstić information content (AvgIpc) is 3.21. The van der Waals surface area contributed by atoms with Crippen LogP contribution in [0.25, 0.3) is 11.2 Å². The number of ether oxygens (including phenoxy) is 2. The van der Waals surface area contributed by atoms with Crippen LogP contribution in [-0.2, 0) is 26.2 Å². The van der Waals surface area contributed by atoms with Crippen molar-refractivity contribution in [3.63, 3.8) is 0 Å². The Hall–Kier alpha value is -3.69. The topological polar surface area (TPSA) is 125 Å². The van der Waals surface area contributed by atoms with Crippen molar-refractivity contribution in [3.8, 4) is 5.75 Å². The molecule has 0 saturated carbocycles. The first-order valence-corrected chi connectivity index (χ1v) is 13.2. The third-order valence-corrected chi connectivity index (χ3v) is 7.21. The van der Waals surface area contributed by atoms with E-state index in [-0.39, 0.29) is 36.8 Å². The highest BCUT2D eigenvalue weighted by atomic mass is 32.2. The smallest absolute Gasteiger partial charge is 0.443 e. The molecule has 0 radical (unpaired) electrons. The van der Waals surface area contributed by atoms with Crippen LogP contribution in [0.15, 0.2) is 59.3 Å². The molecule has 1 aliphatic heterocycles. The lowest BCUT2D eigenvalue weighted by molar-refractivity contribution is -0.274. The van der Waals surface area contributed by atoms with Gasteiger partial charge in [-0.3, -0.25) is 10.3 Å². The van der Waals surface area contributed by atoms with Crippen LogP contribution in [0.3, 0.4) is 0 Å². The van der Waals surface area contributed by atoms with E-state index in [0.717, 1.165) is 24.3 Å². The van der Waals surface area contributed by atoms with E-state index in [2.05, 4.69) is 20.2 Å². The zero-order valence-corrected chi connectivity index (χ0v) is 22.0. The predicted molar refractivity (Wildman–Crippen MR) is 132 cm³/mol. The van der Waals surface area contributed by atoms with Gasteiger partial charge in [-0.05, 0) is 63.2 Å². The molecule has 11 nitrogen and oxygen atoms in total. The third kappa shape index (κ3) is 7.04. The van der Waals surface area contributed by atoms with Gasteiger partial charge < -0.3 is 9.47 Å².